The van der Waals surface area contributed by atoms with Crippen molar-refractivity contribution >= 4 is 34.5 Å². The van der Waals surface area contributed by atoms with Gasteiger partial charge in [0.25, 0.3) is 0 Å². The molecule has 194 valence electrons. The molecule has 0 saturated carbocycles. The molecule has 6 aromatic rings. The highest BCUT2D eigenvalue weighted by atomic mass is 16.7. The van der Waals surface area contributed by atoms with Gasteiger partial charge in [-0.15, -0.1) is 0 Å². The zero-order valence-corrected chi connectivity index (χ0v) is 23.1. The Labute approximate surface area is 234 Å². The molecule has 1 saturated heterocycles. The van der Waals surface area contributed by atoms with E-state index in [0.717, 1.165) is 33.0 Å². The molecule has 1 aliphatic carbocycles. The Bertz CT molecular complexity index is 1960. The van der Waals surface area contributed by atoms with Gasteiger partial charge in [-0.1, -0.05) is 97.1 Å². The highest BCUT2D eigenvalue weighted by molar-refractivity contribution is 6.65. The lowest BCUT2D eigenvalue weighted by Crippen LogP contribution is -2.41. The molecule has 0 amide bonds. The summed E-state index contributed by atoms with van der Waals surface area (Å²) < 4.78 is 19.9. The minimum Gasteiger partial charge on any atom is -0.456 e. The van der Waals surface area contributed by atoms with Crippen LogP contribution in [0.3, 0.4) is 0 Å². The summed E-state index contributed by atoms with van der Waals surface area (Å²) in [4.78, 5) is 0. The largest absolute Gasteiger partial charge is 0.498 e. The van der Waals surface area contributed by atoms with E-state index < -0.39 is 18.3 Å². The number of fused-ring (bicyclic) bond motifs is 12. The molecule has 4 heteroatoms. The molecule has 0 atom stereocenters. The summed E-state index contributed by atoms with van der Waals surface area (Å²) in [5, 5.41) is 2.16. The molecule has 40 heavy (non-hydrogen) atoms. The highest BCUT2D eigenvalue weighted by Gasteiger charge is 2.52. The van der Waals surface area contributed by atoms with Crippen molar-refractivity contribution in [3.63, 3.8) is 0 Å². The molecule has 1 aromatic heterocycles. The van der Waals surface area contributed by atoms with Gasteiger partial charge in [0, 0.05) is 21.8 Å². The summed E-state index contributed by atoms with van der Waals surface area (Å²) in [5.41, 5.74) is 11.3. The van der Waals surface area contributed by atoms with E-state index in [4.69, 9.17) is 13.7 Å². The molecule has 0 spiro atoms. The van der Waals surface area contributed by atoms with E-state index in [1.807, 2.05) is 0 Å². The van der Waals surface area contributed by atoms with Gasteiger partial charge in [-0.3, -0.25) is 0 Å². The molecule has 0 bridgehead atoms. The van der Waals surface area contributed by atoms with E-state index in [0.29, 0.717) is 0 Å². The van der Waals surface area contributed by atoms with E-state index in [2.05, 4.69) is 131 Å². The predicted octanol–water partition coefficient (Wildman–Crippen LogP) is 8.87. The second-order valence-corrected chi connectivity index (χ2v) is 11.9. The van der Waals surface area contributed by atoms with E-state index in [1.54, 1.807) is 0 Å². The Balaban J connectivity index is 1.46. The van der Waals surface area contributed by atoms with Crippen molar-refractivity contribution in [3.8, 4) is 44.5 Å². The standard InChI is InChI=1S/C36H29BO3/c1-35(2)36(3,4)40-37(39-35)31-19-11-18-29-30-21-20-28-26-16-8-7-14-24(26)22-12-5-6-13-23(22)25-15-9-10-17-27(25)32(28)34(30)38-33(29)31/h5-21H,1-4H3. The summed E-state index contributed by atoms with van der Waals surface area (Å²) in [6.45, 7) is 8.34. The van der Waals surface area contributed by atoms with Gasteiger partial charge in [-0.05, 0) is 72.7 Å². The van der Waals surface area contributed by atoms with Gasteiger partial charge in [0.15, 0.2) is 0 Å². The summed E-state index contributed by atoms with van der Waals surface area (Å²) in [7, 11) is -0.504. The van der Waals surface area contributed by atoms with Crippen LogP contribution < -0.4 is 5.46 Å². The van der Waals surface area contributed by atoms with Gasteiger partial charge in [0.05, 0.1) is 11.2 Å². The molecule has 2 aliphatic rings. The monoisotopic (exact) mass is 520 g/mol. The molecule has 2 heterocycles. The number of furan rings is 1. The van der Waals surface area contributed by atoms with E-state index in [9.17, 15) is 0 Å². The summed E-state index contributed by atoms with van der Waals surface area (Å²) in [6, 6.07) is 36.9. The van der Waals surface area contributed by atoms with Crippen LogP contribution in [0, 0.1) is 0 Å². The lowest BCUT2D eigenvalue weighted by molar-refractivity contribution is 0.00578. The SMILES string of the molecule is CC1(C)OB(c2cccc3c2oc2c4c(ccc23)-c2ccccc2-c2ccccc2-c2ccccc2-4)OC1(C)C. The molecule has 1 aliphatic heterocycles. The Hall–Kier alpha value is -4.12. The minimum absolute atomic E-state index is 0.433. The number of rotatable bonds is 1. The molecule has 0 unspecified atom stereocenters. The smallest absolute Gasteiger partial charge is 0.456 e. The third-order valence-electron chi connectivity index (χ3n) is 9.13. The Morgan fingerprint density at radius 3 is 1.50 bits per heavy atom. The average molecular weight is 520 g/mol. The van der Waals surface area contributed by atoms with Gasteiger partial charge in [-0.25, -0.2) is 0 Å². The highest BCUT2D eigenvalue weighted by Crippen LogP contribution is 2.50. The first-order chi connectivity index (χ1) is 19.3. The first kappa shape index (κ1) is 23.7. The zero-order valence-electron chi connectivity index (χ0n) is 23.1. The summed E-state index contributed by atoms with van der Waals surface area (Å²) >= 11 is 0. The maximum atomic E-state index is 6.93. The normalized spacial score (nSPS) is 16.6. The average Bonchev–Trinajstić information content (AvgIpc) is 3.44. The van der Waals surface area contributed by atoms with Gasteiger partial charge in [0.2, 0.25) is 0 Å². The van der Waals surface area contributed by atoms with Crippen molar-refractivity contribution < 1.29 is 13.7 Å². The van der Waals surface area contributed by atoms with Crippen LogP contribution in [-0.4, -0.2) is 18.3 Å². The summed E-state index contributed by atoms with van der Waals surface area (Å²) in [5.74, 6) is 0. The quantitative estimate of drug-likeness (QED) is 0.203. The Kier molecular flexibility index (Phi) is 4.87. The lowest BCUT2D eigenvalue weighted by Gasteiger charge is -2.32. The molecule has 0 radical (unpaired) electrons. The van der Waals surface area contributed by atoms with Crippen LogP contribution in [0.15, 0.2) is 108 Å². The molecule has 0 N–H and O–H groups in total. The van der Waals surface area contributed by atoms with Crippen molar-refractivity contribution in [1.82, 2.24) is 0 Å². The van der Waals surface area contributed by atoms with Crippen LogP contribution in [0.5, 0.6) is 0 Å². The van der Waals surface area contributed by atoms with Crippen LogP contribution in [0.1, 0.15) is 27.7 Å². The fourth-order valence-corrected chi connectivity index (χ4v) is 6.37. The maximum Gasteiger partial charge on any atom is 0.498 e. The summed E-state index contributed by atoms with van der Waals surface area (Å²) in [6.07, 6.45) is 0. The molecule has 1 fully saturated rings. The lowest BCUT2D eigenvalue weighted by atomic mass is 9.78. The third kappa shape index (κ3) is 3.21. The Morgan fingerprint density at radius 2 is 0.925 bits per heavy atom. The van der Waals surface area contributed by atoms with Crippen LogP contribution in [0.4, 0.5) is 0 Å². The van der Waals surface area contributed by atoms with Crippen molar-refractivity contribution in [2.45, 2.75) is 38.9 Å². The van der Waals surface area contributed by atoms with Crippen LogP contribution >= 0.6 is 0 Å². The van der Waals surface area contributed by atoms with Crippen molar-refractivity contribution in [2.24, 2.45) is 0 Å². The van der Waals surface area contributed by atoms with Gasteiger partial charge in [0.1, 0.15) is 11.2 Å². The molecular formula is C36H29BO3. The fourth-order valence-electron chi connectivity index (χ4n) is 6.37. The van der Waals surface area contributed by atoms with Crippen molar-refractivity contribution in [3.05, 3.63) is 103 Å². The number of hydrogen-bond acceptors (Lipinski definition) is 3. The Morgan fingerprint density at radius 1 is 0.450 bits per heavy atom. The van der Waals surface area contributed by atoms with Crippen LogP contribution in [-0.2, 0) is 9.31 Å². The van der Waals surface area contributed by atoms with E-state index in [-0.39, 0.29) is 0 Å². The number of hydrogen-bond donors (Lipinski definition) is 0. The number of para-hydroxylation sites is 1. The first-order valence-electron chi connectivity index (χ1n) is 14.0. The molecular weight excluding hydrogens is 491 g/mol. The van der Waals surface area contributed by atoms with Crippen LogP contribution in [0.2, 0.25) is 0 Å². The minimum atomic E-state index is -0.504. The van der Waals surface area contributed by atoms with E-state index >= 15 is 0 Å². The van der Waals surface area contributed by atoms with Crippen molar-refractivity contribution in [2.75, 3.05) is 0 Å². The van der Waals surface area contributed by atoms with Gasteiger partial charge >= 0.3 is 7.12 Å². The third-order valence-corrected chi connectivity index (χ3v) is 9.13. The van der Waals surface area contributed by atoms with E-state index in [1.165, 1.54) is 38.9 Å². The van der Waals surface area contributed by atoms with Crippen LogP contribution in [0.25, 0.3) is 66.4 Å². The van der Waals surface area contributed by atoms with Crippen molar-refractivity contribution in [1.29, 1.82) is 0 Å². The molecule has 3 nitrogen and oxygen atoms in total. The fraction of sp³-hybridized carbons (Fsp3) is 0.167. The second kappa shape index (κ2) is 8.20. The first-order valence-corrected chi connectivity index (χ1v) is 14.0. The second-order valence-electron chi connectivity index (χ2n) is 11.9. The van der Waals surface area contributed by atoms with Gasteiger partial charge in [-0.2, -0.15) is 0 Å². The molecule has 8 rings (SSSR count). The molecule has 5 aromatic carbocycles. The van der Waals surface area contributed by atoms with Gasteiger partial charge < -0.3 is 13.7 Å². The maximum absolute atomic E-state index is 6.93. The topological polar surface area (TPSA) is 31.6 Å². The number of benzene rings is 5. The zero-order chi connectivity index (χ0) is 27.2. The predicted molar refractivity (Wildman–Crippen MR) is 165 cm³/mol.